The van der Waals surface area contributed by atoms with Gasteiger partial charge in [-0.25, -0.2) is 0 Å². The number of ether oxygens (including phenoxy) is 2. The van der Waals surface area contributed by atoms with E-state index in [2.05, 4.69) is 0 Å². The molecule has 1 amide bonds. The van der Waals surface area contributed by atoms with Crippen LogP contribution in [-0.4, -0.2) is 46.9 Å². The number of rotatable bonds is 6. The molecule has 2 rings (SSSR count). The highest BCUT2D eigenvalue weighted by Gasteiger charge is 2.46. The number of ketones is 1. The molecule has 6 nitrogen and oxygen atoms in total. The Labute approximate surface area is 140 Å². The van der Waals surface area contributed by atoms with Gasteiger partial charge in [-0.15, -0.1) is 11.8 Å². The highest BCUT2D eigenvalue weighted by Crippen LogP contribution is 2.41. The van der Waals surface area contributed by atoms with Crippen molar-refractivity contribution in [3.63, 3.8) is 0 Å². The van der Waals surface area contributed by atoms with Gasteiger partial charge in [-0.1, -0.05) is 20.8 Å². The Kier molecular flexibility index (Phi) is 5.39. The van der Waals surface area contributed by atoms with Crippen LogP contribution in [0.15, 0.2) is 11.5 Å². The van der Waals surface area contributed by atoms with E-state index in [0.29, 0.717) is 30.1 Å². The number of allylic oxidation sites excluding steroid dienone is 1. The fourth-order valence-corrected chi connectivity index (χ4v) is 3.68. The third-order valence-electron chi connectivity index (χ3n) is 3.44. The molecule has 1 fully saturated rings. The van der Waals surface area contributed by atoms with Crippen LogP contribution in [0.2, 0.25) is 0 Å². The lowest BCUT2D eigenvalue weighted by atomic mass is 9.88. The maximum absolute atomic E-state index is 12.7. The summed E-state index contributed by atoms with van der Waals surface area (Å²) in [7, 11) is 0. The molecular formula is C16H23NO5S. The molecule has 2 heterocycles. The normalized spacial score (nSPS) is 20.8. The van der Waals surface area contributed by atoms with E-state index in [4.69, 9.17) is 9.47 Å². The second kappa shape index (κ2) is 6.95. The van der Waals surface area contributed by atoms with Crippen LogP contribution < -0.4 is 0 Å². The highest BCUT2D eigenvalue weighted by atomic mass is 32.2. The zero-order valence-electron chi connectivity index (χ0n) is 14.0. The zero-order valence-corrected chi connectivity index (χ0v) is 14.8. The Hall–Kier alpha value is -1.50. The van der Waals surface area contributed by atoms with Crippen molar-refractivity contribution >= 4 is 29.4 Å². The summed E-state index contributed by atoms with van der Waals surface area (Å²) in [6, 6.07) is 0. The number of amides is 1. The lowest BCUT2D eigenvalue weighted by Crippen LogP contribution is -2.54. The molecule has 0 radical (unpaired) electrons. The number of fused-ring (bicyclic) bond motifs is 1. The van der Waals surface area contributed by atoms with Crippen molar-refractivity contribution in [2.24, 2.45) is 5.41 Å². The molecule has 2 aliphatic heterocycles. The van der Waals surface area contributed by atoms with E-state index in [9.17, 15) is 14.4 Å². The van der Waals surface area contributed by atoms with Crippen molar-refractivity contribution in [1.82, 2.24) is 4.90 Å². The second-order valence-corrected chi connectivity index (χ2v) is 8.02. The first-order valence-electron chi connectivity index (χ1n) is 7.65. The minimum absolute atomic E-state index is 0.0412. The van der Waals surface area contributed by atoms with Gasteiger partial charge in [0.15, 0.2) is 5.78 Å². The second-order valence-electron chi connectivity index (χ2n) is 6.85. The average Bonchev–Trinajstić information content (AvgIpc) is 2.40. The third kappa shape index (κ3) is 4.50. The number of esters is 1. The van der Waals surface area contributed by atoms with Gasteiger partial charge in [0, 0.05) is 13.3 Å². The van der Waals surface area contributed by atoms with Gasteiger partial charge in [-0.2, -0.15) is 0 Å². The molecule has 0 aromatic rings. The Morgan fingerprint density at radius 1 is 1.30 bits per heavy atom. The Morgan fingerprint density at radius 2 is 2.00 bits per heavy atom. The zero-order chi connectivity index (χ0) is 17.2. The van der Waals surface area contributed by atoms with Gasteiger partial charge in [0.25, 0.3) is 0 Å². The van der Waals surface area contributed by atoms with Crippen LogP contribution in [0.5, 0.6) is 0 Å². The molecule has 0 unspecified atom stereocenters. The molecule has 7 heteroatoms. The maximum atomic E-state index is 12.7. The van der Waals surface area contributed by atoms with Gasteiger partial charge in [-0.3, -0.25) is 19.3 Å². The molecule has 1 atom stereocenters. The topological polar surface area (TPSA) is 72.9 Å². The van der Waals surface area contributed by atoms with E-state index in [1.807, 2.05) is 20.8 Å². The summed E-state index contributed by atoms with van der Waals surface area (Å²) in [6.07, 6.45) is 0.817. The molecule has 0 N–H and O–H groups in total. The minimum Gasteiger partial charge on any atom is -0.491 e. The van der Waals surface area contributed by atoms with Crippen LogP contribution in [-0.2, 0) is 23.9 Å². The third-order valence-corrected chi connectivity index (χ3v) is 4.63. The molecule has 0 saturated carbocycles. The summed E-state index contributed by atoms with van der Waals surface area (Å²) in [5.41, 5.74) is 0.226. The molecule has 2 aliphatic rings. The van der Waals surface area contributed by atoms with Crippen LogP contribution in [0.4, 0.5) is 0 Å². The number of β-lactam (4-membered cyclic amide) rings is 1. The number of thioether (sulfide) groups is 1. The number of Topliss-reactive ketones (excluding diaryl/α,β-unsaturated/α-hetero) is 1. The van der Waals surface area contributed by atoms with Gasteiger partial charge >= 0.3 is 5.97 Å². The van der Waals surface area contributed by atoms with E-state index >= 15 is 0 Å². The van der Waals surface area contributed by atoms with E-state index < -0.39 is 0 Å². The largest absolute Gasteiger partial charge is 0.491 e. The van der Waals surface area contributed by atoms with Gasteiger partial charge in [0.1, 0.15) is 24.7 Å². The number of carbonyl (C=O) groups is 3. The first-order valence-corrected chi connectivity index (χ1v) is 8.70. The average molecular weight is 341 g/mol. The summed E-state index contributed by atoms with van der Waals surface area (Å²) in [6.45, 7) is 7.59. The van der Waals surface area contributed by atoms with Crippen LogP contribution in [0.25, 0.3) is 0 Å². The molecular weight excluding hydrogens is 318 g/mol. The molecule has 1 saturated heterocycles. The molecule has 23 heavy (non-hydrogen) atoms. The van der Waals surface area contributed by atoms with E-state index in [1.165, 1.54) is 6.92 Å². The van der Waals surface area contributed by atoms with Crippen molar-refractivity contribution in [2.45, 2.75) is 45.9 Å². The molecule has 0 aromatic heterocycles. The van der Waals surface area contributed by atoms with Crippen molar-refractivity contribution in [3.05, 3.63) is 11.5 Å². The van der Waals surface area contributed by atoms with Gasteiger partial charge in [-0.05, 0) is 5.41 Å². The first-order chi connectivity index (χ1) is 10.7. The number of nitrogens with zero attached hydrogens (tertiary/aromatic N) is 1. The first kappa shape index (κ1) is 17.8. The number of carbonyl (C=O) groups excluding carboxylic acids is 3. The standard InChI is InChI=1S/C16H23NO5S/c1-10(18)21-5-6-22-12-9-23-14-7-13(20)17(14)15(12)11(19)8-16(2,3)4/h14H,5-9H2,1-4H3/t14-/m0/s1. The summed E-state index contributed by atoms with van der Waals surface area (Å²) in [4.78, 5) is 36.9. The smallest absolute Gasteiger partial charge is 0.302 e. The van der Waals surface area contributed by atoms with Gasteiger partial charge in [0.2, 0.25) is 5.91 Å². The van der Waals surface area contributed by atoms with E-state index in [1.54, 1.807) is 16.7 Å². The number of hydrogen-bond acceptors (Lipinski definition) is 6. The highest BCUT2D eigenvalue weighted by molar-refractivity contribution is 8.00. The predicted molar refractivity (Wildman–Crippen MR) is 86.4 cm³/mol. The van der Waals surface area contributed by atoms with Crippen molar-refractivity contribution in [3.8, 4) is 0 Å². The Balaban J connectivity index is 2.13. The fraction of sp³-hybridized carbons (Fsp3) is 0.688. The lowest BCUT2D eigenvalue weighted by molar-refractivity contribution is -0.142. The quantitative estimate of drug-likeness (QED) is 0.418. The molecule has 128 valence electrons. The van der Waals surface area contributed by atoms with Crippen LogP contribution in [0.1, 0.15) is 40.5 Å². The number of hydrogen-bond donors (Lipinski definition) is 0. The Morgan fingerprint density at radius 3 is 2.57 bits per heavy atom. The molecule has 0 spiro atoms. The van der Waals surface area contributed by atoms with E-state index in [0.717, 1.165) is 0 Å². The summed E-state index contributed by atoms with van der Waals surface area (Å²) >= 11 is 1.59. The lowest BCUT2D eigenvalue weighted by Gasteiger charge is -2.44. The molecule has 0 bridgehead atoms. The monoisotopic (exact) mass is 341 g/mol. The van der Waals surface area contributed by atoms with Crippen molar-refractivity contribution in [1.29, 1.82) is 0 Å². The van der Waals surface area contributed by atoms with Gasteiger partial charge in [0.05, 0.1) is 17.5 Å². The SMILES string of the molecule is CC(=O)OCCOC1=C(C(=O)CC(C)(C)C)N2C(=O)C[C@@H]2SC1. The predicted octanol–water partition coefficient (Wildman–Crippen LogP) is 2.09. The summed E-state index contributed by atoms with van der Waals surface area (Å²) < 4.78 is 10.5. The van der Waals surface area contributed by atoms with Crippen LogP contribution in [0, 0.1) is 5.41 Å². The Bertz CT molecular complexity index is 549. The van der Waals surface area contributed by atoms with Crippen LogP contribution in [0.3, 0.4) is 0 Å². The van der Waals surface area contributed by atoms with Crippen molar-refractivity contribution < 1.29 is 23.9 Å². The van der Waals surface area contributed by atoms with Gasteiger partial charge < -0.3 is 9.47 Å². The van der Waals surface area contributed by atoms with Crippen LogP contribution >= 0.6 is 11.8 Å². The van der Waals surface area contributed by atoms with E-state index in [-0.39, 0.29) is 41.7 Å². The summed E-state index contributed by atoms with van der Waals surface area (Å²) in [5, 5.41) is 0.0437. The summed E-state index contributed by atoms with van der Waals surface area (Å²) in [5.74, 6) is 0.585. The minimum atomic E-state index is -0.373. The fourth-order valence-electron chi connectivity index (χ4n) is 2.48. The van der Waals surface area contributed by atoms with Crippen molar-refractivity contribution in [2.75, 3.05) is 19.0 Å². The maximum Gasteiger partial charge on any atom is 0.302 e. The molecule has 0 aliphatic carbocycles. The molecule has 0 aromatic carbocycles.